The minimum Gasteiger partial charge on any atom is -0.308 e. The van der Waals surface area contributed by atoms with Crippen molar-refractivity contribution in [1.29, 1.82) is 5.26 Å². The Balaban J connectivity index is 1.67. The lowest BCUT2D eigenvalue weighted by molar-refractivity contribution is -0.118. The van der Waals surface area contributed by atoms with E-state index < -0.39 is 11.9 Å². The summed E-state index contributed by atoms with van der Waals surface area (Å²) in [6.45, 7) is 1.61. The zero-order chi connectivity index (χ0) is 20.5. The van der Waals surface area contributed by atoms with Crippen molar-refractivity contribution in [3.63, 3.8) is 0 Å². The van der Waals surface area contributed by atoms with E-state index in [1.807, 2.05) is 36.4 Å². The van der Waals surface area contributed by atoms with Gasteiger partial charge in [-0.1, -0.05) is 30.3 Å². The van der Waals surface area contributed by atoms with Crippen LogP contribution in [0.25, 0.3) is 20.7 Å². The van der Waals surface area contributed by atoms with Crippen LogP contribution in [0.4, 0.5) is 5.82 Å². The average molecular weight is 404 g/mol. The van der Waals surface area contributed by atoms with Crippen molar-refractivity contribution in [3.05, 3.63) is 64.8 Å². The summed E-state index contributed by atoms with van der Waals surface area (Å²) in [5, 5.41) is 16.2. The lowest BCUT2D eigenvalue weighted by Crippen LogP contribution is -2.32. The molecule has 0 spiro atoms. The van der Waals surface area contributed by atoms with Gasteiger partial charge in [-0.15, -0.1) is 11.3 Å². The van der Waals surface area contributed by atoms with Gasteiger partial charge in [-0.3, -0.25) is 18.8 Å². The third-order valence-electron chi connectivity index (χ3n) is 4.63. The van der Waals surface area contributed by atoms with Gasteiger partial charge in [0.1, 0.15) is 28.3 Å². The summed E-state index contributed by atoms with van der Waals surface area (Å²) in [6.07, 6.45) is 2.76. The first-order valence-corrected chi connectivity index (χ1v) is 9.60. The Labute approximate surface area is 169 Å². The van der Waals surface area contributed by atoms with Gasteiger partial charge in [-0.25, -0.2) is 4.98 Å². The van der Waals surface area contributed by atoms with Crippen LogP contribution in [0.15, 0.2) is 53.7 Å². The molecule has 0 saturated carbocycles. The molecule has 3 heterocycles. The van der Waals surface area contributed by atoms with Crippen molar-refractivity contribution < 1.29 is 4.79 Å². The summed E-state index contributed by atoms with van der Waals surface area (Å²) in [6, 6.07) is 12.7. The van der Waals surface area contributed by atoms with Gasteiger partial charge >= 0.3 is 0 Å². The molecule has 4 aromatic rings. The summed E-state index contributed by atoms with van der Waals surface area (Å²) in [7, 11) is 1.62. The van der Waals surface area contributed by atoms with Gasteiger partial charge in [0.15, 0.2) is 0 Å². The Hall–Kier alpha value is -3.77. The van der Waals surface area contributed by atoms with Gasteiger partial charge < -0.3 is 5.32 Å². The number of anilines is 1. The molecule has 0 radical (unpaired) electrons. The smallest absolute Gasteiger partial charge is 0.262 e. The first-order chi connectivity index (χ1) is 14.0. The molecule has 1 N–H and O–H groups in total. The number of fused-ring (bicyclic) bond motifs is 1. The lowest BCUT2D eigenvalue weighted by atomic mass is 10.2. The fourth-order valence-electron chi connectivity index (χ4n) is 2.97. The van der Waals surface area contributed by atoms with E-state index in [2.05, 4.69) is 15.4 Å². The number of aryl methyl sites for hydroxylation is 1. The van der Waals surface area contributed by atoms with Gasteiger partial charge in [-0.2, -0.15) is 10.4 Å². The number of rotatable bonds is 4. The van der Waals surface area contributed by atoms with Gasteiger partial charge in [0.2, 0.25) is 5.91 Å². The van der Waals surface area contributed by atoms with E-state index >= 15 is 0 Å². The molecular formula is C20H16N6O2S. The number of thiophene rings is 1. The van der Waals surface area contributed by atoms with Crippen LogP contribution < -0.4 is 10.9 Å². The molecule has 0 fully saturated rings. The first-order valence-electron chi connectivity index (χ1n) is 8.78. The highest BCUT2D eigenvalue weighted by atomic mass is 32.1. The van der Waals surface area contributed by atoms with E-state index in [-0.39, 0.29) is 16.9 Å². The second-order valence-electron chi connectivity index (χ2n) is 6.46. The number of hydrogen-bond donors (Lipinski definition) is 1. The van der Waals surface area contributed by atoms with Crippen LogP contribution in [-0.2, 0) is 11.8 Å². The van der Waals surface area contributed by atoms with Crippen LogP contribution in [-0.4, -0.2) is 25.2 Å². The highest BCUT2D eigenvalue weighted by Gasteiger charge is 2.21. The number of nitriles is 1. The van der Waals surface area contributed by atoms with E-state index in [1.165, 1.54) is 33.1 Å². The van der Waals surface area contributed by atoms with Gasteiger partial charge in [0, 0.05) is 11.9 Å². The molecule has 1 amide bonds. The minimum absolute atomic E-state index is 0.249. The second kappa shape index (κ2) is 7.33. The standard InChI is InChI=1S/C20H16N6O2S/c1-12(18(27)24-17-14(9-21)10-23-25(17)2)26-11-22-19-15(20(26)28)8-16(29-19)13-6-4-3-5-7-13/h3-8,10-12H,1-2H3,(H,24,27). The maximum absolute atomic E-state index is 13.0. The number of benzene rings is 1. The number of nitrogens with zero attached hydrogens (tertiary/aromatic N) is 5. The van der Waals surface area contributed by atoms with Crippen molar-refractivity contribution >= 4 is 33.3 Å². The summed E-state index contributed by atoms with van der Waals surface area (Å²) in [4.78, 5) is 31.6. The molecule has 0 bridgehead atoms. The molecule has 1 unspecified atom stereocenters. The Kier molecular flexibility index (Phi) is 4.70. The third kappa shape index (κ3) is 3.30. The zero-order valence-corrected chi connectivity index (χ0v) is 16.5. The van der Waals surface area contributed by atoms with Crippen molar-refractivity contribution in [3.8, 4) is 16.5 Å². The molecule has 0 aliphatic rings. The number of hydrogen-bond acceptors (Lipinski definition) is 6. The molecule has 0 aliphatic carbocycles. The van der Waals surface area contributed by atoms with Crippen molar-refractivity contribution in [2.45, 2.75) is 13.0 Å². The van der Waals surface area contributed by atoms with Gasteiger partial charge in [0.05, 0.1) is 17.9 Å². The normalized spacial score (nSPS) is 11.9. The van der Waals surface area contributed by atoms with E-state index in [0.717, 1.165) is 10.4 Å². The molecule has 3 aromatic heterocycles. The SMILES string of the molecule is CC(C(=O)Nc1c(C#N)cnn1C)n1cnc2sc(-c3ccccc3)cc2c1=O. The number of amides is 1. The van der Waals surface area contributed by atoms with Crippen LogP contribution >= 0.6 is 11.3 Å². The Bertz CT molecular complexity index is 1310. The number of aromatic nitrogens is 4. The fraction of sp³-hybridized carbons (Fsp3) is 0.150. The lowest BCUT2D eigenvalue weighted by Gasteiger charge is -2.15. The Morgan fingerprint density at radius 2 is 2.07 bits per heavy atom. The molecule has 8 nitrogen and oxygen atoms in total. The average Bonchev–Trinajstić information content (AvgIpc) is 3.33. The molecule has 9 heteroatoms. The Morgan fingerprint density at radius 1 is 1.31 bits per heavy atom. The highest BCUT2D eigenvalue weighted by Crippen LogP contribution is 2.30. The van der Waals surface area contributed by atoms with E-state index in [9.17, 15) is 9.59 Å². The molecular weight excluding hydrogens is 388 g/mol. The van der Waals surface area contributed by atoms with Crippen molar-refractivity contribution in [2.75, 3.05) is 5.32 Å². The zero-order valence-electron chi connectivity index (χ0n) is 15.7. The van der Waals surface area contributed by atoms with E-state index in [1.54, 1.807) is 20.0 Å². The van der Waals surface area contributed by atoms with Gasteiger partial charge in [-0.05, 0) is 18.6 Å². The fourth-order valence-corrected chi connectivity index (χ4v) is 3.97. The number of nitrogens with one attached hydrogen (secondary N) is 1. The monoisotopic (exact) mass is 404 g/mol. The summed E-state index contributed by atoms with van der Waals surface area (Å²) >= 11 is 1.43. The maximum atomic E-state index is 13.0. The van der Waals surface area contributed by atoms with Crippen LogP contribution in [0, 0.1) is 11.3 Å². The first kappa shape index (κ1) is 18.6. The van der Waals surface area contributed by atoms with Crippen LogP contribution in [0.1, 0.15) is 18.5 Å². The number of carbonyl (C=O) groups excluding carboxylic acids is 1. The van der Waals surface area contributed by atoms with E-state index in [0.29, 0.717) is 10.2 Å². The third-order valence-corrected chi connectivity index (χ3v) is 5.72. The summed E-state index contributed by atoms with van der Waals surface area (Å²) in [5.74, 6) is -0.153. The Morgan fingerprint density at radius 3 is 2.79 bits per heavy atom. The molecule has 4 rings (SSSR count). The van der Waals surface area contributed by atoms with Crippen molar-refractivity contribution in [2.24, 2.45) is 7.05 Å². The van der Waals surface area contributed by atoms with Crippen LogP contribution in [0.3, 0.4) is 0 Å². The maximum Gasteiger partial charge on any atom is 0.262 e. The predicted octanol–water partition coefficient (Wildman–Crippen LogP) is 2.93. The highest BCUT2D eigenvalue weighted by molar-refractivity contribution is 7.21. The molecule has 144 valence electrons. The largest absolute Gasteiger partial charge is 0.308 e. The van der Waals surface area contributed by atoms with Crippen LogP contribution in [0.2, 0.25) is 0 Å². The van der Waals surface area contributed by atoms with Gasteiger partial charge in [0.25, 0.3) is 5.56 Å². The quantitative estimate of drug-likeness (QED) is 0.563. The molecule has 0 saturated heterocycles. The van der Waals surface area contributed by atoms with E-state index in [4.69, 9.17) is 5.26 Å². The van der Waals surface area contributed by atoms with Crippen LogP contribution in [0.5, 0.6) is 0 Å². The molecule has 1 aromatic carbocycles. The molecule has 1 atom stereocenters. The summed E-state index contributed by atoms with van der Waals surface area (Å²) < 4.78 is 2.69. The second-order valence-corrected chi connectivity index (χ2v) is 7.49. The predicted molar refractivity (Wildman–Crippen MR) is 111 cm³/mol. The number of carbonyl (C=O) groups is 1. The minimum atomic E-state index is -0.819. The van der Waals surface area contributed by atoms with Crippen molar-refractivity contribution in [1.82, 2.24) is 19.3 Å². The topological polar surface area (TPSA) is 106 Å². The summed E-state index contributed by atoms with van der Waals surface area (Å²) in [5.41, 5.74) is 0.966. The molecule has 29 heavy (non-hydrogen) atoms. The molecule has 0 aliphatic heterocycles.